The Morgan fingerprint density at radius 1 is 1.29 bits per heavy atom. The van der Waals surface area contributed by atoms with Crippen LogP contribution in [0.2, 0.25) is 0 Å². The van der Waals surface area contributed by atoms with Gasteiger partial charge < -0.3 is 10.4 Å². The Bertz CT molecular complexity index is 518. The maximum atomic E-state index is 12.3. The fourth-order valence-corrected chi connectivity index (χ4v) is 3.01. The van der Waals surface area contributed by atoms with Gasteiger partial charge in [0.25, 0.3) is 0 Å². The molecule has 0 aliphatic carbocycles. The summed E-state index contributed by atoms with van der Waals surface area (Å²) in [5, 5.41) is 11.9. The van der Waals surface area contributed by atoms with Gasteiger partial charge in [-0.1, -0.05) is 30.7 Å². The Labute approximate surface area is 130 Å². The smallest absolute Gasteiger partial charge is 0.326 e. The van der Waals surface area contributed by atoms with Crippen LogP contribution in [0.1, 0.15) is 30.4 Å². The van der Waals surface area contributed by atoms with E-state index in [1.807, 2.05) is 18.2 Å². The summed E-state index contributed by atoms with van der Waals surface area (Å²) >= 11 is 4.26. The second-order valence-corrected chi connectivity index (χ2v) is 5.86. The van der Waals surface area contributed by atoms with E-state index in [1.165, 1.54) is 11.1 Å². The fourth-order valence-electron chi connectivity index (χ4n) is 2.72. The van der Waals surface area contributed by atoms with E-state index in [2.05, 4.69) is 24.0 Å². The van der Waals surface area contributed by atoms with Gasteiger partial charge in [0.05, 0.1) is 5.92 Å². The summed E-state index contributed by atoms with van der Waals surface area (Å²) < 4.78 is 0. The molecule has 1 heterocycles. The standard InChI is InChI=1S/C16H21NO3S/c18-15-13(10-21)9-12-7-2-1-5-11(12)6-3-4-8-14(17-15)16(19)20/h1-2,5,7,13-14,21H,3-4,6,8-10H2,(H,17,18)(H,19,20). The number of thiol groups is 1. The lowest BCUT2D eigenvalue weighted by Crippen LogP contribution is -2.44. The summed E-state index contributed by atoms with van der Waals surface area (Å²) in [5.74, 6) is -1.06. The Kier molecular flexibility index (Phi) is 5.67. The fraction of sp³-hybridized carbons (Fsp3) is 0.500. The van der Waals surface area contributed by atoms with Crippen LogP contribution in [0.5, 0.6) is 0 Å². The van der Waals surface area contributed by atoms with Crippen LogP contribution in [0.25, 0.3) is 0 Å². The van der Waals surface area contributed by atoms with Gasteiger partial charge in [0, 0.05) is 5.75 Å². The zero-order valence-electron chi connectivity index (χ0n) is 11.9. The maximum Gasteiger partial charge on any atom is 0.326 e. The first-order chi connectivity index (χ1) is 10.1. The highest BCUT2D eigenvalue weighted by molar-refractivity contribution is 7.80. The third-order valence-electron chi connectivity index (χ3n) is 3.98. The molecule has 1 aliphatic rings. The summed E-state index contributed by atoms with van der Waals surface area (Å²) in [4.78, 5) is 23.5. The highest BCUT2D eigenvalue weighted by Crippen LogP contribution is 2.20. The number of aryl methyl sites for hydroxylation is 1. The number of fused-ring (bicyclic) bond motifs is 1. The number of rotatable bonds is 2. The molecule has 0 saturated heterocycles. The van der Waals surface area contributed by atoms with E-state index >= 15 is 0 Å². The number of aliphatic carboxylic acids is 1. The summed E-state index contributed by atoms with van der Waals surface area (Å²) in [5.41, 5.74) is 2.42. The van der Waals surface area contributed by atoms with Crippen molar-refractivity contribution in [3.8, 4) is 0 Å². The average molecular weight is 307 g/mol. The molecule has 2 N–H and O–H groups in total. The predicted molar refractivity (Wildman–Crippen MR) is 84.6 cm³/mol. The minimum absolute atomic E-state index is 0.214. The molecule has 4 nitrogen and oxygen atoms in total. The number of carboxylic acid groups (broad SMARTS) is 1. The average Bonchev–Trinajstić information content (AvgIpc) is 2.50. The van der Waals surface area contributed by atoms with Crippen molar-refractivity contribution in [2.24, 2.45) is 5.92 Å². The van der Waals surface area contributed by atoms with Gasteiger partial charge >= 0.3 is 5.97 Å². The number of carbonyl (C=O) groups excluding carboxylic acids is 1. The molecular formula is C16H21NO3S. The van der Waals surface area contributed by atoms with Gasteiger partial charge in [0.15, 0.2) is 0 Å². The lowest BCUT2D eigenvalue weighted by molar-refractivity contribution is -0.142. The topological polar surface area (TPSA) is 66.4 Å². The molecule has 0 radical (unpaired) electrons. The molecule has 2 unspecified atom stereocenters. The molecule has 2 rings (SSSR count). The number of carbonyl (C=O) groups is 2. The van der Waals surface area contributed by atoms with Crippen molar-refractivity contribution >= 4 is 24.5 Å². The molecule has 0 spiro atoms. The molecule has 0 saturated carbocycles. The van der Waals surface area contributed by atoms with E-state index in [9.17, 15) is 14.7 Å². The van der Waals surface area contributed by atoms with E-state index in [1.54, 1.807) is 0 Å². The number of hydrogen-bond acceptors (Lipinski definition) is 3. The zero-order valence-corrected chi connectivity index (χ0v) is 12.8. The first-order valence-corrected chi connectivity index (χ1v) is 7.96. The van der Waals surface area contributed by atoms with Crippen molar-refractivity contribution in [2.45, 2.75) is 38.1 Å². The second kappa shape index (κ2) is 7.50. The maximum absolute atomic E-state index is 12.3. The lowest BCUT2D eigenvalue weighted by atomic mass is 9.94. The first-order valence-electron chi connectivity index (χ1n) is 7.32. The molecule has 1 aromatic carbocycles. The SMILES string of the molecule is O=C1NC(C(=O)O)CCCCc2ccccc2CC1CS. The number of amides is 1. The number of carboxylic acids is 1. The van der Waals surface area contributed by atoms with Crippen molar-refractivity contribution in [1.29, 1.82) is 0 Å². The van der Waals surface area contributed by atoms with Gasteiger partial charge in [-0.3, -0.25) is 4.79 Å². The number of nitrogens with one attached hydrogen (secondary N) is 1. The van der Waals surface area contributed by atoms with Gasteiger partial charge in [-0.2, -0.15) is 12.6 Å². The van der Waals surface area contributed by atoms with E-state index in [0.29, 0.717) is 18.6 Å². The molecule has 1 aromatic rings. The normalized spacial score (nSPS) is 23.6. The Balaban J connectivity index is 2.24. The van der Waals surface area contributed by atoms with Crippen LogP contribution in [0.3, 0.4) is 0 Å². The summed E-state index contributed by atoms with van der Waals surface area (Å²) in [7, 11) is 0. The van der Waals surface area contributed by atoms with Gasteiger partial charge in [-0.05, 0) is 36.8 Å². The van der Waals surface area contributed by atoms with Crippen LogP contribution in [0.15, 0.2) is 24.3 Å². The van der Waals surface area contributed by atoms with Gasteiger partial charge in [-0.15, -0.1) is 0 Å². The summed E-state index contributed by atoms with van der Waals surface area (Å²) in [6.07, 6.45) is 3.73. The molecule has 21 heavy (non-hydrogen) atoms. The molecule has 1 aliphatic heterocycles. The third-order valence-corrected chi connectivity index (χ3v) is 4.42. The molecule has 0 bridgehead atoms. The van der Waals surface area contributed by atoms with Gasteiger partial charge in [0.1, 0.15) is 6.04 Å². The summed E-state index contributed by atoms with van der Waals surface area (Å²) in [6.45, 7) is 0. The predicted octanol–water partition coefficient (Wildman–Crippen LogP) is 2.07. The van der Waals surface area contributed by atoms with Crippen molar-refractivity contribution < 1.29 is 14.7 Å². The monoisotopic (exact) mass is 307 g/mol. The van der Waals surface area contributed by atoms with E-state index < -0.39 is 12.0 Å². The van der Waals surface area contributed by atoms with Crippen LogP contribution >= 0.6 is 12.6 Å². The third kappa shape index (κ3) is 4.24. The first kappa shape index (κ1) is 15.9. The quantitative estimate of drug-likeness (QED) is 0.733. The Hall–Kier alpha value is -1.49. The summed E-state index contributed by atoms with van der Waals surface area (Å²) in [6, 6.07) is 7.34. The molecule has 0 fully saturated rings. The molecule has 5 heteroatoms. The molecule has 2 atom stereocenters. The number of benzene rings is 1. The highest BCUT2D eigenvalue weighted by Gasteiger charge is 2.25. The second-order valence-electron chi connectivity index (χ2n) is 5.50. The van der Waals surface area contributed by atoms with Crippen LogP contribution < -0.4 is 5.32 Å². The van der Waals surface area contributed by atoms with Crippen molar-refractivity contribution in [3.63, 3.8) is 0 Å². The lowest BCUT2D eigenvalue weighted by Gasteiger charge is -2.19. The van der Waals surface area contributed by atoms with Crippen molar-refractivity contribution in [1.82, 2.24) is 5.32 Å². The Morgan fingerprint density at radius 2 is 2.00 bits per heavy atom. The van der Waals surface area contributed by atoms with E-state index in [0.717, 1.165) is 19.3 Å². The van der Waals surface area contributed by atoms with Gasteiger partial charge in [0.2, 0.25) is 5.91 Å². The van der Waals surface area contributed by atoms with Crippen LogP contribution in [-0.4, -0.2) is 28.8 Å². The van der Waals surface area contributed by atoms with E-state index in [-0.39, 0.29) is 11.8 Å². The highest BCUT2D eigenvalue weighted by atomic mass is 32.1. The largest absolute Gasteiger partial charge is 0.480 e. The van der Waals surface area contributed by atoms with Crippen LogP contribution in [-0.2, 0) is 22.4 Å². The van der Waals surface area contributed by atoms with Crippen molar-refractivity contribution in [2.75, 3.05) is 5.75 Å². The minimum atomic E-state index is -0.960. The molecule has 114 valence electrons. The van der Waals surface area contributed by atoms with Crippen LogP contribution in [0, 0.1) is 5.92 Å². The van der Waals surface area contributed by atoms with Gasteiger partial charge in [-0.25, -0.2) is 4.79 Å². The van der Waals surface area contributed by atoms with Crippen molar-refractivity contribution in [3.05, 3.63) is 35.4 Å². The minimum Gasteiger partial charge on any atom is -0.480 e. The zero-order chi connectivity index (χ0) is 15.2. The molecule has 1 amide bonds. The molecular weight excluding hydrogens is 286 g/mol. The van der Waals surface area contributed by atoms with E-state index in [4.69, 9.17) is 0 Å². The Morgan fingerprint density at radius 3 is 2.67 bits per heavy atom. The number of hydrogen-bond donors (Lipinski definition) is 3. The molecule has 0 aromatic heterocycles. The van der Waals surface area contributed by atoms with Crippen LogP contribution in [0.4, 0.5) is 0 Å².